The van der Waals surface area contributed by atoms with Crippen molar-refractivity contribution in [3.63, 3.8) is 0 Å². The van der Waals surface area contributed by atoms with Crippen molar-refractivity contribution in [2.24, 2.45) is 0 Å². The quantitative estimate of drug-likeness (QED) is 0.509. The summed E-state index contributed by atoms with van der Waals surface area (Å²) in [5.74, 6) is 1.42. The van der Waals surface area contributed by atoms with Crippen molar-refractivity contribution in [3.05, 3.63) is 56.6 Å². The maximum absolute atomic E-state index is 11.3. The van der Waals surface area contributed by atoms with E-state index in [1.807, 2.05) is 0 Å². The van der Waals surface area contributed by atoms with E-state index in [2.05, 4.69) is 30.2 Å². The molecule has 140 valence electrons. The second kappa shape index (κ2) is 7.11. The summed E-state index contributed by atoms with van der Waals surface area (Å²) in [6, 6.07) is 5.96. The Balaban J connectivity index is 1.50. The predicted octanol–water partition coefficient (Wildman–Crippen LogP) is 1.78. The number of aromatic amines is 2. The average molecular weight is 371 g/mol. The molecule has 3 heterocycles. The van der Waals surface area contributed by atoms with Gasteiger partial charge in [0.05, 0.1) is 17.5 Å². The van der Waals surface area contributed by atoms with E-state index in [4.69, 9.17) is 4.52 Å². The van der Waals surface area contributed by atoms with E-state index in [-0.39, 0.29) is 17.4 Å². The fourth-order valence-corrected chi connectivity index (χ4v) is 3.27. The van der Waals surface area contributed by atoms with Crippen molar-refractivity contribution < 1.29 is 9.45 Å². The molecule has 11 heteroatoms. The molecule has 0 aliphatic carbocycles. The molecule has 1 unspecified atom stereocenters. The lowest BCUT2D eigenvalue weighted by molar-refractivity contribution is -0.384. The first-order chi connectivity index (χ1) is 13.1. The molecule has 0 spiro atoms. The molecule has 11 nitrogen and oxygen atoms in total. The Hall–Kier alpha value is -3.34. The standard InChI is InChI=1S/C16H17N7O4/c24-16-18-15(19-20-16)12-3-1-2-8-22(12)9-13-17-14(21-27-13)10-4-6-11(7-5-10)23(25)26/h4-7,12H,1-3,8-9H2,(H2,18,19,20,24). The molecule has 1 saturated heterocycles. The molecule has 1 atom stereocenters. The Morgan fingerprint density at radius 3 is 2.81 bits per heavy atom. The molecule has 0 saturated carbocycles. The summed E-state index contributed by atoms with van der Waals surface area (Å²) in [6.07, 6.45) is 2.96. The van der Waals surface area contributed by atoms with Crippen LogP contribution in [-0.2, 0) is 6.54 Å². The highest BCUT2D eigenvalue weighted by molar-refractivity contribution is 5.56. The number of likely N-dealkylation sites (tertiary alicyclic amines) is 1. The van der Waals surface area contributed by atoms with Gasteiger partial charge in [-0.15, -0.1) is 0 Å². The molecule has 0 radical (unpaired) electrons. The Kier molecular flexibility index (Phi) is 4.50. The third-order valence-electron chi connectivity index (χ3n) is 4.59. The fraction of sp³-hybridized carbons (Fsp3) is 0.375. The number of rotatable bonds is 5. The minimum atomic E-state index is -0.457. The molecule has 1 fully saturated rings. The number of nitro groups is 1. The second-order valence-electron chi connectivity index (χ2n) is 6.36. The summed E-state index contributed by atoms with van der Waals surface area (Å²) in [5, 5.41) is 21.2. The average Bonchev–Trinajstić information content (AvgIpc) is 3.31. The number of nitro benzene ring substituents is 1. The number of benzene rings is 1. The minimum absolute atomic E-state index is 0.00613. The lowest BCUT2D eigenvalue weighted by Gasteiger charge is -2.32. The Morgan fingerprint density at radius 1 is 1.30 bits per heavy atom. The highest BCUT2D eigenvalue weighted by Gasteiger charge is 2.28. The molecule has 1 aliphatic rings. The number of aromatic nitrogens is 5. The van der Waals surface area contributed by atoms with E-state index in [9.17, 15) is 14.9 Å². The van der Waals surface area contributed by atoms with Crippen molar-refractivity contribution in [3.8, 4) is 11.4 Å². The smallest absolute Gasteiger partial charge is 0.338 e. The summed E-state index contributed by atoms with van der Waals surface area (Å²) in [4.78, 5) is 30.9. The Morgan fingerprint density at radius 2 is 2.11 bits per heavy atom. The van der Waals surface area contributed by atoms with E-state index >= 15 is 0 Å². The van der Waals surface area contributed by atoms with E-state index in [0.717, 1.165) is 25.8 Å². The van der Waals surface area contributed by atoms with Gasteiger partial charge in [0.25, 0.3) is 5.69 Å². The van der Waals surface area contributed by atoms with Crippen molar-refractivity contribution in [2.45, 2.75) is 31.8 Å². The minimum Gasteiger partial charge on any atom is -0.338 e. The van der Waals surface area contributed by atoms with Crippen LogP contribution in [0.4, 0.5) is 5.69 Å². The van der Waals surface area contributed by atoms with Crippen molar-refractivity contribution in [2.75, 3.05) is 6.54 Å². The van der Waals surface area contributed by atoms with Crippen LogP contribution in [0, 0.1) is 10.1 Å². The zero-order valence-corrected chi connectivity index (χ0v) is 14.3. The summed E-state index contributed by atoms with van der Waals surface area (Å²) in [5.41, 5.74) is 0.322. The van der Waals surface area contributed by atoms with E-state index < -0.39 is 4.92 Å². The molecule has 4 rings (SSSR count). The summed E-state index contributed by atoms with van der Waals surface area (Å²) in [6.45, 7) is 1.26. The number of nitrogens with one attached hydrogen (secondary N) is 2. The zero-order chi connectivity index (χ0) is 18.8. The van der Waals surface area contributed by atoms with Crippen LogP contribution in [0.3, 0.4) is 0 Å². The normalized spacial score (nSPS) is 17.9. The molecular weight excluding hydrogens is 354 g/mol. The van der Waals surface area contributed by atoms with Crippen LogP contribution in [0.2, 0.25) is 0 Å². The Bertz CT molecular complexity index is 991. The SMILES string of the molecule is O=c1[nH]nc(C2CCCCN2Cc2nc(-c3ccc([N+](=O)[O-])cc3)no2)[nH]1. The van der Waals surface area contributed by atoms with E-state index in [1.54, 1.807) is 12.1 Å². The first kappa shape index (κ1) is 17.1. The summed E-state index contributed by atoms with van der Waals surface area (Å²) < 4.78 is 5.35. The molecule has 1 aromatic carbocycles. The Labute approximate surface area is 152 Å². The van der Waals surface area contributed by atoms with E-state index in [1.165, 1.54) is 12.1 Å². The number of non-ortho nitro benzene ring substituents is 1. The van der Waals surface area contributed by atoms with Crippen LogP contribution >= 0.6 is 0 Å². The van der Waals surface area contributed by atoms with Gasteiger partial charge >= 0.3 is 5.69 Å². The molecule has 3 aromatic rings. The van der Waals surface area contributed by atoms with Gasteiger partial charge in [-0.2, -0.15) is 10.1 Å². The van der Waals surface area contributed by atoms with Gasteiger partial charge in [-0.25, -0.2) is 9.89 Å². The van der Waals surface area contributed by atoms with Crippen molar-refractivity contribution in [1.82, 2.24) is 30.2 Å². The molecular formula is C16H17N7O4. The maximum atomic E-state index is 11.3. The van der Waals surface area contributed by atoms with Crippen molar-refractivity contribution >= 4 is 5.69 Å². The van der Waals surface area contributed by atoms with Gasteiger partial charge in [-0.1, -0.05) is 11.6 Å². The molecule has 0 amide bonds. The molecule has 0 bridgehead atoms. The van der Waals surface area contributed by atoms with E-state index in [0.29, 0.717) is 29.6 Å². The van der Waals surface area contributed by atoms with Crippen molar-refractivity contribution in [1.29, 1.82) is 0 Å². The zero-order valence-electron chi connectivity index (χ0n) is 14.3. The van der Waals surface area contributed by atoms with Crippen LogP contribution in [0.5, 0.6) is 0 Å². The van der Waals surface area contributed by atoms with Gasteiger partial charge in [0, 0.05) is 17.7 Å². The molecule has 27 heavy (non-hydrogen) atoms. The van der Waals surface area contributed by atoms with Crippen LogP contribution in [0.1, 0.15) is 37.0 Å². The molecule has 2 aromatic heterocycles. The topological polar surface area (TPSA) is 147 Å². The van der Waals surface area contributed by atoms with Gasteiger partial charge in [0.1, 0.15) is 5.82 Å². The number of hydrogen-bond donors (Lipinski definition) is 2. The second-order valence-corrected chi connectivity index (χ2v) is 6.36. The molecule has 1 aliphatic heterocycles. The lowest BCUT2D eigenvalue weighted by Crippen LogP contribution is -2.33. The first-order valence-corrected chi connectivity index (χ1v) is 8.56. The van der Waals surface area contributed by atoms with Crippen LogP contribution < -0.4 is 5.69 Å². The van der Waals surface area contributed by atoms with Crippen LogP contribution in [0.25, 0.3) is 11.4 Å². The van der Waals surface area contributed by atoms with Gasteiger partial charge < -0.3 is 4.52 Å². The number of piperidine rings is 1. The highest BCUT2D eigenvalue weighted by Crippen LogP contribution is 2.29. The summed E-state index contributed by atoms with van der Waals surface area (Å²) in [7, 11) is 0. The van der Waals surface area contributed by atoms with Gasteiger partial charge in [0.15, 0.2) is 0 Å². The third-order valence-corrected chi connectivity index (χ3v) is 4.59. The number of nitrogens with zero attached hydrogens (tertiary/aromatic N) is 5. The predicted molar refractivity (Wildman–Crippen MR) is 92.6 cm³/mol. The number of hydrogen-bond acceptors (Lipinski definition) is 8. The van der Waals surface area contributed by atoms with Crippen LogP contribution in [-0.4, -0.2) is 41.7 Å². The maximum Gasteiger partial charge on any atom is 0.340 e. The van der Waals surface area contributed by atoms with Gasteiger partial charge in [-0.3, -0.25) is 20.0 Å². The van der Waals surface area contributed by atoms with Gasteiger partial charge in [0.2, 0.25) is 11.7 Å². The highest BCUT2D eigenvalue weighted by atomic mass is 16.6. The van der Waals surface area contributed by atoms with Crippen LogP contribution in [0.15, 0.2) is 33.6 Å². The monoisotopic (exact) mass is 371 g/mol. The summed E-state index contributed by atoms with van der Waals surface area (Å²) >= 11 is 0. The molecule has 2 N–H and O–H groups in total. The van der Waals surface area contributed by atoms with Gasteiger partial charge in [-0.05, 0) is 31.5 Å². The lowest BCUT2D eigenvalue weighted by atomic mass is 10.0. The fourth-order valence-electron chi connectivity index (χ4n) is 3.27. The first-order valence-electron chi connectivity index (χ1n) is 8.56. The largest absolute Gasteiger partial charge is 0.340 e. The third kappa shape index (κ3) is 3.62. The number of H-pyrrole nitrogens is 2.